The molecule has 2 N–H and O–H groups in total. The summed E-state index contributed by atoms with van der Waals surface area (Å²) in [7, 11) is 3.22. The number of aliphatic hydroxyl groups excluding tert-OH is 1. The highest BCUT2D eigenvalue weighted by molar-refractivity contribution is 5.41. The largest absolute Gasteiger partial charge is 0.497 e. The van der Waals surface area contributed by atoms with Crippen molar-refractivity contribution in [1.29, 1.82) is 0 Å². The Bertz CT molecular complexity index is 422. The number of nitrogens with one attached hydrogen (secondary N) is 1. The van der Waals surface area contributed by atoms with Gasteiger partial charge in [0.25, 0.3) is 0 Å². The first-order chi connectivity index (χ1) is 9.15. The molecule has 0 aromatic heterocycles. The van der Waals surface area contributed by atoms with Crippen LogP contribution in [0.4, 0.5) is 0 Å². The fourth-order valence-electron chi connectivity index (χ4n) is 2.30. The topological polar surface area (TPSA) is 50.7 Å². The number of hydrogen-bond acceptors (Lipinski definition) is 4. The van der Waals surface area contributed by atoms with Crippen LogP contribution in [0.15, 0.2) is 18.2 Å². The number of aliphatic hydroxyl groups is 1. The second-order valence-corrected chi connectivity index (χ2v) is 5.25. The Morgan fingerprint density at radius 3 is 2.68 bits per heavy atom. The van der Waals surface area contributed by atoms with E-state index >= 15 is 0 Å². The van der Waals surface area contributed by atoms with Gasteiger partial charge in [-0.05, 0) is 43.0 Å². The van der Waals surface area contributed by atoms with Crippen molar-refractivity contribution < 1.29 is 14.6 Å². The molecule has 1 aliphatic carbocycles. The van der Waals surface area contributed by atoms with Gasteiger partial charge in [-0.1, -0.05) is 6.92 Å². The maximum atomic E-state index is 10.3. The third kappa shape index (κ3) is 3.61. The smallest absolute Gasteiger partial charge is 0.124 e. The summed E-state index contributed by atoms with van der Waals surface area (Å²) in [6, 6.07) is 5.47. The van der Waals surface area contributed by atoms with Gasteiger partial charge in [0.05, 0.1) is 20.3 Å². The second kappa shape index (κ2) is 6.26. The van der Waals surface area contributed by atoms with E-state index in [4.69, 9.17) is 9.47 Å². The van der Waals surface area contributed by atoms with Crippen LogP contribution in [0.5, 0.6) is 11.5 Å². The Labute approximate surface area is 114 Å². The molecule has 4 heteroatoms. The van der Waals surface area contributed by atoms with Crippen LogP contribution in [0.3, 0.4) is 0 Å². The summed E-state index contributed by atoms with van der Waals surface area (Å²) in [5, 5.41) is 13.6. The number of benzene rings is 1. The highest BCUT2D eigenvalue weighted by atomic mass is 16.5. The normalized spacial score (nSPS) is 22.9. The molecule has 3 atom stereocenters. The van der Waals surface area contributed by atoms with E-state index in [9.17, 15) is 5.11 Å². The first-order valence-corrected chi connectivity index (χ1v) is 6.76. The molecule has 0 amide bonds. The monoisotopic (exact) mass is 265 g/mol. The van der Waals surface area contributed by atoms with Gasteiger partial charge in [-0.3, -0.25) is 0 Å². The van der Waals surface area contributed by atoms with Crippen molar-refractivity contribution in [3.63, 3.8) is 0 Å². The van der Waals surface area contributed by atoms with E-state index < -0.39 is 6.10 Å². The Morgan fingerprint density at radius 2 is 2.11 bits per heavy atom. The molecule has 106 valence electrons. The molecule has 19 heavy (non-hydrogen) atoms. The summed E-state index contributed by atoms with van der Waals surface area (Å²) in [6.07, 6.45) is 0.713. The maximum Gasteiger partial charge on any atom is 0.124 e. The lowest BCUT2D eigenvalue weighted by Crippen LogP contribution is -2.24. The van der Waals surface area contributed by atoms with Crippen molar-refractivity contribution in [3.05, 3.63) is 23.8 Å². The van der Waals surface area contributed by atoms with Gasteiger partial charge >= 0.3 is 0 Å². The van der Waals surface area contributed by atoms with E-state index in [0.717, 1.165) is 29.7 Å². The molecule has 0 bridgehead atoms. The lowest BCUT2D eigenvalue weighted by molar-refractivity contribution is 0.169. The van der Waals surface area contributed by atoms with Crippen LogP contribution in [-0.2, 0) is 0 Å². The van der Waals surface area contributed by atoms with Crippen molar-refractivity contribution in [3.8, 4) is 11.5 Å². The third-order valence-electron chi connectivity index (χ3n) is 3.82. The minimum absolute atomic E-state index is 0.534. The Morgan fingerprint density at radius 1 is 1.37 bits per heavy atom. The van der Waals surface area contributed by atoms with Gasteiger partial charge in [-0.25, -0.2) is 0 Å². The predicted octanol–water partition coefficient (Wildman–Crippen LogP) is 1.98. The second-order valence-electron chi connectivity index (χ2n) is 5.25. The molecule has 1 saturated carbocycles. The lowest BCUT2D eigenvalue weighted by atomic mass is 10.1. The number of ether oxygens (including phenoxy) is 2. The van der Waals surface area contributed by atoms with E-state index in [2.05, 4.69) is 12.2 Å². The fourth-order valence-corrected chi connectivity index (χ4v) is 2.30. The zero-order valence-corrected chi connectivity index (χ0v) is 11.8. The number of rotatable bonds is 7. The maximum absolute atomic E-state index is 10.3. The van der Waals surface area contributed by atoms with Crippen LogP contribution in [-0.4, -0.2) is 32.4 Å². The van der Waals surface area contributed by atoms with Gasteiger partial charge in [0, 0.05) is 12.1 Å². The first-order valence-electron chi connectivity index (χ1n) is 6.76. The average molecular weight is 265 g/mol. The van der Waals surface area contributed by atoms with Crippen molar-refractivity contribution in [1.82, 2.24) is 5.32 Å². The standard InChI is InChI=1S/C15H23NO3/c1-10-6-11(10)8-16-9-14(17)13-7-12(18-2)4-5-15(13)19-3/h4-5,7,10-11,14,16-17H,6,8-9H2,1-3H3. The summed E-state index contributed by atoms with van der Waals surface area (Å²) in [5.41, 5.74) is 0.762. The van der Waals surface area contributed by atoms with Crippen molar-refractivity contribution in [2.45, 2.75) is 19.4 Å². The van der Waals surface area contributed by atoms with Crippen LogP contribution in [0.25, 0.3) is 0 Å². The van der Waals surface area contributed by atoms with Crippen molar-refractivity contribution in [2.75, 3.05) is 27.3 Å². The summed E-state index contributed by atoms with van der Waals surface area (Å²) in [4.78, 5) is 0. The number of hydrogen-bond donors (Lipinski definition) is 2. The predicted molar refractivity (Wildman–Crippen MR) is 74.6 cm³/mol. The van der Waals surface area contributed by atoms with Crippen molar-refractivity contribution in [2.24, 2.45) is 11.8 Å². The summed E-state index contributed by atoms with van der Waals surface area (Å²) in [5.74, 6) is 3.02. The Hall–Kier alpha value is -1.26. The minimum Gasteiger partial charge on any atom is -0.497 e. The van der Waals surface area contributed by atoms with E-state index in [1.165, 1.54) is 6.42 Å². The van der Waals surface area contributed by atoms with Crippen molar-refractivity contribution >= 4 is 0 Å². The van der Waals surface area contributed by atoms with Gasteiger partial charge in [0.1, 0.15) is 11.5 Å². The van der Waals surface area contributed by atoms with Crippen LogP contribution in [0.1, 0.15) is 25.0 Å². The molecule has 0 radical (unpaired) electrons. The molecule has 3 unspecified atom stereocenters. The molecule has 0 aliphatic heterocycles. The summed E-state index contributed by atoms with van der Waals surface area (Å²) < 4.78 is 10.5. The molecule has 2 rings (SSSR count). The molecule has 1 aromatic rings. The molecule has 0 heterocycles. The zero-order chi connectivity index (χ0) is 13.8. The molecule has 0 saturated heterocycles. The van der Waals surface area contributed by atoms with Crippen LogP contribution < -0.4 is 14.8 Å². The van der Waals surface area contributed by atoms with Gasteiger partial charge < -0.3 is 19.9 Å². The highest BCUT2D eigenvalue weighted by Crippen LogP contribution is 2.37. The summed E-state index contributed by atoms with van der Waals surface area (Å²) in [6.45, 7) is 3.77. The van der Waals surface area contributed by atoms with E-state index in [-0.39, 0.29) is 0 Å². The third-order valence-corrected chi connectivity index (χ3v) is 3.82. The Balaban J connectivity index is 1.94. The van der Waals surface area contributed by atoms with E-state index in [1.807, 2.05) is 18.2 Å². The SMILES string of the molecule is COc1ccc(OC)c(C(O)CNCC2CC2C)c1. The summed E-state index contributed by atoms with van der Waals surface area (Å²) >= 11 is 0. The average Bonchev–Trinajstić information content (AvgIpc) is 3.13. The minimum atomic E-state index is -0.584. The van der Waals surface area contributed by atoms with E-state index in [1.54, 1.807) is 14.2 Å². The number of methoxy groups -OCH3 is 2. The van der Waals surface area contributed by atoms with Crippen LogP contribution >= 0.6 is 0 Å². The van der Waals surface area contributed by atoms with Gasteiger partial charge in [0.15, 0.2) is 0 Å². The molecular weight excluding hydrogens is 242 g/mol. The highest BCUT2D eigenvalue weighted by Gasteiger charge is 2.31. The zero-order valence-electron chi connectivity index (χ0n) is 11.8. The molecule has 4 nitrogen and oxygen atoms in total. The van der Waals surface area contributed by atoms with Crippen LogP contribution in [0.2, 0.25) is 0 Å². The molecule has 1 aliphatic rings. The molecular formula is C15H23NO3. The van der Waals surface area contributed by atoms with Crippen LogP contribution in [0, 0.1) is 11.8 Å². The van der Waals surface area contributed by atoms with Gasteiger partial charge in [0.2, 0.25) is 0 Å². The first kappa shape index (κ1) is 14.2. The molecule has 1 fully saturated rings. The van der Waals surface area contributed by atoms with E-state index in [0.29, 0.717) is 12.3 Å². The van der Waals surface area contributed by atoms with Gasteiger partial charge in [-0.2, -0.15) is 0 Å². The molecule has 1 aromatic carbocycles. The lowest BCUT2D eigenvalue weighted by Gasteiger charge is -2.16. The van der Waals surface area contributed by atoms with Gasteiger partial charge in [-0.15, -0.1) is 0 Å². The quantitative estimate of drug-likeness (QED) is 0.791. The molecule has 0 spiro atoms. The fraction of sp³-hybridized carbons (Fsp3) is 0.600. The Kier molecular flexibility index (Phi) is 4.66.